The topological polar surface area (TPSA) is 64.0 Å². The van der Waals surface area contributed by atoms with E-state index in [1.165, 1.54) is 0 Å². The molecular formula is C20H12ClF6N3O2. The molecule has 1 fully saturated rings. The van der Waals surface area contributed by atoms with Gasteiger partial charge in [0.2, 0.25) is 5.43 Å². The summed E-state index contributed by atoms with van der Waals surface area (Å²) in [4.78, 5) is 29.3. The van der Waals surface area contributed by atoms with Crippen LogP contribution in [0.1, 0.15) is 23.2 Å². The Morgan fingerprint density at radius 1 is 1.16 bits per heavy atom. The van der Waals surface area contributed by atoms with E-state index in [1.807, 2.05) is 0 Å². The Bertz CT molecular complexity index is 1280. The summed E-state index contributed by atoms with van der Waals surface area (Å²) in [6.45, 7) is 0. The molecule has 3 aromatic rings. The largest absolute Gasteiger partial charge is 0.408 e. The van der Waals surface area contributed by atoms with Gasteiger partial charge in [0.1, 0.15) is 33.9 Å². The number of alkyl halides is 3. The van der Waals surface area contributed by atoms with Crippen LogP contribution < -0.4 is 10.7 Å². The average molecular weight is 476 g/mol. The van der Waals surface area contributed by atoms with Gasteiger partial charge in [0.15, 0.2) is 11.6 Å². The molecule has 4 rings (SSSR count). The van der Waals surface area contributed by atoms with E-state index >= 15 is 0 Å². The van der Waals surface area contributed by atoms with E-state index in [1.54, 1.807) is 5.32 Å². The lowest BCUT2D eigenvalue weighted by molar-refractivity contribution is -0.158. The lowest BCUT2D eigenvalue weighted by atomic mass is 10.1. The van der Waals surface area contributed by atoms with Gasteiger partial charge in [-0.2, -0.15) is 13.2 Å². The molecule has 0 radical (unpaired) electrons. The van der Waals surface area contributed by atoms with Crippen molar-refractivity contribution in [1.82, 2.24) is 14.9 Å². The lowest BCUT2D eigenvalue weighted by Gasteiger charge is -2.21. The van der Waals surface area contributed by atoms with Crippen molar-refractivity contribution in [3.8, 4) is 5.69 Å². The second-order valence-corrected chi connectivity index (χ2v) is 7.68. The van der Waals surface area contributed by atoms with Crippen molar-refractivity contribution >= 4 is 28.5 Å². The summed E-state index contributed by atoms with van der Waals surface area (Å²) in [5.74, 6) is -6.22. The summed E-state index contributed by atoms with van der Waals surface area (Å²) in [6.07, 6.45) is -3.60. The van der Waals surface area contributed by atoms with Crippen LogP contribution in [0.25, 0.3) is 16.7 Å². The zero-order valence-corrected chi connectivity index (χ0v) is 16.6. The molecule has 0 spiro atoms. The number of fused-ring (bicyclic) bond motifs is 1. The highest BCUT2D eigenvalue weighted by Gasteiger charge is 2.49. The monoisotopic (exact) mass is 475 g/mol. The molecule has 5 nitrogen and oxygen atoms in total. The number of aromatic nitrogens is 2. The van der Waals surface area contributed by atoms with Gasteiger partial charge < -0.3 is 5.32 Å². The number of halogens is 7. The van der Waals surface area contributed by atoms with Gasteiger partial charge in [0.25, 0.3) is 5.91 Å². The number of hydrogen-bond acceptors (Lipinski definition) is 3. The highest BCUT2D eigenvalue weighted by atomic mass is 35.5. The Morgan fingerprint density at radius 2 is 1.78 bits per heavy atom. The van der Waals surface area contributed by atoms with Gasteiger partial charge in [-0.05, 0) is 30.9 Å². The van der Waals surface area contributed by atoms with Crippen molar-refractivity contribution in [1.29, 1.82) is 0 Å². The van der Waals surface area contributed by atoms with Gasteiger partial charge in [0.05, 0.1) is 5.39 Å². The summed E-state index contributed by atoms with van der Waals surface area (Å²) >= 11 is 5.82. The van der Waals surface area contributed by atoms with E-state index in [4.69, 9.17) is 11.6 Å². The van der Waals surface area contributed by atoms with Crippen LogP contribution in [0.15, 0.2) is 35.3 Å². The zero-order chi connectivity index (χ0) is 23.4. The predicted molar refractivity (Wildman–Crippen MR) is 102 cm³/mol. The summed E-state index contributed by atoms with van der Waals surface area (Å²) in [6, 6.07) is 0.819. The first kappa shape index (κ1) is 22.1. The molecule has 1 aromatic carbocycles. The van der Waals surface area contributed by atoms with Crippen molar-refractivity contribution < 1.29 is 31.1 Å². The number of nitrogens with zero attached hydrogens (tertiary/aromatic N) is 2. The predicted octanol–water partition coefficient (Wildman–Crippen LogP) is 4.53. The SMILES string of the molecule is O=C(N[C@H](C1CC1)C(F)(F)F)c1cn(-c2c(F)cc(F)cc2F)c2nc(Cl)ccc2c1=O. The molecule has 1 N–H and O–H groups in total. The van der Waals surface area contributed by atoms with Crippen LogP contribution in [0, 0.1) is 23.4 Å². The minimum atomic E-state index is -4.75. The summed E-state index contributed by atoms with van der Waals surface area (Å²) in [7, 11) is 0. The molecule has 12 heteroatoms. The number of pyridine rings is 2. The Kier molecular flexibility index (Phi) is 5.40. The molecule has 1 saturated carbocycles. The third-order valence-corrected chi connectivity index (χ3v) is 5.23. The molecule has 0 bridgehead atoms. The molecule has 0 aliphatic heterocycles. The minimum Gasteiger partial charge on any atom is -0.340 e. The first-order valence-electron chi connectivity index (χ1n) is 9.21. The van der Waals surface area contributed by atoms with Gasteiger partial charge in [-0.15, -0.1) is 0 Å². The quantitative estimate of drug-likeness (QED) is 0.445. The van der Waals surface area contributed by atoms with E-state index in [9.17, 15) is 35.9 Å². The smallest absolute Gasteiger partial charge is 0.340 e. The van der Waals surface area contributed by atoms with Crippen LogP contribution >= 0.6 is 11.6 Å². The summed E-state index contributed by atoms with van der Waals surface area (Å²) < 4.78 is 82.9. The van der Waals surface area contributed by atoms with Gasteiger partial charge in [-0.25, -0.2) is 18.2 Å². The molecule has 1 atom stereocenters. The summed E-state index contributed by atoms with van der Waals surface area (Å²) in [5, 5.41) is 1.29. The van der Waals surface area contributed by atoms with Crippen molar-refractivity contribution in [2.45, 2.75) is 25.1 Å². The molecule has 2 heterocycles. The third-order valence-electron chi connectivity index (χ3n) is 5.02. The van der Waals surface area contributed by atoms with E-state index in [0.29, 0.717) is 22.9 Å². The fourth-order valence-electron chi connectivity index (χ4n) is 3.39. The first-order valence-corrected chi connectivity index (χ1v) is 9.59. The van der Waals surface area contributed by atoms with Crippen LogP contribution in [0.5, 0.6) is 0 Å². The molecule has 1 aliphatic rings. The number of benzene rings is 1. The minimum absolute atomic E-state index is 0.170. The molecular weight excluding hydrogens is 464 g/mol. The molecule has 1 amide bonds. The van der Waals surface area contributed by atoms with Gasteiger partial charge in [-0.3, -0.25) is 14.2 Å². The van der Waals surface area contributed by atoms with E-state index in [-0.39, 0.29) is 29.0 Å². The molecule has 32 heavy (non-hydrogen) atoms. The highest BCUT2D eigenvalue weighted by Crippen LogP contribution is 2.40. The maximum atomic E-state index is 14.5. The third kappa shape index (κ3) is 4.04. The molecule has 2 aromatic heterocycles. The summed E-state index contributed by atoms with van der Waals surface area (Å²) in [5.41, 5.74) is -3.09. The second-order valence-electron chi connectivity index (χ2n) is 7.30. The Labute approximate surface area is 180 Å². The van der Waals surface area contributed by atoms with Crippen molar-refractivity contribution in [3.63, 3.8) is 0 Å². The van der Waals surface area contributed by atoms with Gasteiger partial charge in [0, 0.05) is 18.3 Å². The van der Waals surface area contributed by atoms with Gasteiger partial charge >= 0.3 is 6.18 Å². The van der Waals surface area contributed by atoms with Crippen LogP contribution in [0.3, 0.4) is 0 Å². The van der Waals surface area contributed by atoms with Crippen LogP contribution in [-0.4, -0.2) is 27.7 Å². The van der Waals surface area contributed by atoms with Crippen molar-refractivity contribution in [2.75, 3.05) is 0 Å². The second kappa shape index (κ2) is 7.80. The fourth-order valence-corrected chi connectivity index (χ4v) is 3.54. The molecule has 168 valence electrons. The van der Waals surface area contributed by atoms with E-state index in [0.717, 1.165) is 12.1 Å². The number of hydrogen-bond donors (Lipinski definition) is 1. The normalized spacial score (nSPS) is 15.1. The van der Waals surface area contributed by atoms with E-state index < -0.39 is 58.2 Å². The zero-order valence-electron chi connectivity index (χ0n) is 15.8. The average Bonchev–Trinajstić information content (AvgIpc) is 3.50. The van der Waals surface area contributed by atoms with Crippen molar-refractivity contribution in [2.24, 2.45) is 5.92 Å². The molecule has 0 saturated heterocycles. The first-order chi connectivity index (χ1) is 15.0. The number of amides is 1. The van der Waals surface area contributed by atoms with Crippen LogP contribution in [0.2, 0.25) is 5.15 Å². The molecule has 1 aliphatic carbocycles. The Morgan fingerprint density at radius 3 is 2.34 bits per heavy atom. The number of carbonyl (C=O) groups excluding carboxylic acids is 1. The van der Waals surface area contributed by atoms with Crippen LogP contribution in [0.4, 0.5) is 26.3 Å². The molecule has 0 unspecified atom stereocenters. The number of rotatable bonds is 4. The van der Waals surface area contributed by atoms with E-state index in [2.05, 4.69) is 4.98 Å². The maximum Gasteiger partial charge on any atom is 0.408 e. The standard InChI is InChI=1S/C20H12ClF6N3O2/c21-14-4-3-10-16(31)11(19(32)29-17(8-1-2-8)20(25,26)27)7-30(18(10)28-14)15-12(23)5-9(22)6-13(15)24/h3-8,17H,1-2H2,(H,29,32)/t17-/m1/s1. The Balaban J connectivity index is 1.92. The number of carbonyl (C=O) groups is 1. The Hall–Kier alpha value is -3.08. The highest BCUT2D eigenvalue weighted by molar-refractivity contribution is 6.29. The lowest BCUT2D eigenvalue weighted by Crippen LogP contribution is -2.48. The van der Waals surface area contributed by atoms with Crippen LogP contribution in [-0.2, 0) is 0 Å². The van der Waals surface area contributed by atoms with Crippen molar-refractivity contribution in [3.05, 3.63) is 68.9 Å². The van der Waals surface area contributed by atoms with Gasteiger partial charge in [-0.1, -0.05) is 11.6 Å². The number of nitrogens with one attached hydrogen (secondary N) is 1. The fraction of sp³-hybridized carbons (Fsp3) is 0.250. The maximum absolute atomic E-state index is 14.5.